The van der Waals surface area contributed by atoms with Crippen molar-refractivity contribution < 1.29 is 18.4 Å². The maximum atomic E-state index is 13.2. The molecule has 1 heterocycles. The summed E-state index contributed by atoms with van der Waals surface area (Å²) in [6.07, 6.45) is 0. The summed E-state index contributed by atoms with van der Waals surface area (Å²) < 4.78 is 29.3. The first-order valence-corrected chi connectivity index (χ1v) is 9.10. The quantitative estimate of drug-likeness (QED) is 0.570. The Hall–Kier alpha value is -2.93. The number of hydrogen-bond acceptors (Lipinski definition) is 6. The largest absolute Gasteiger partial charge is 0.497 e. The molecule has 148 valence electrons. The van der Waals surface area contributed by atoms with Crippen molar-refractivity contribution in [2.24, 2.45) is 0 Å². The fraction of sp³-hybridized carbons (Fsp3) is 0.333. The second kappa shape index (κ2) is 8.84. The molecule has 0 aliphatic rings. The van der Waals surface area contributed by atoms with Gasteiger partial charge in [0.1, 0.15) is 17.3 Å². The van der Waals surface area contributed by atoms with Crippen LogP contribution >= 0.6 is 0 Å². The van der Waals surface area contributed by atoms with Crippen molar-refractivity contribution in [3.63, 3.8) is 0 Å². The molecule has 0 saturated heterocycles. The van der Waals surface area contributed by atoms with Crippen LogP contribution in [0.15, 0.2) is 47.0 Å². The molecule has 28 heavy (non-hydrogen) atoms. The molecule has 0 saturated carbocycles. The van der Waals surface area contributed by atoms with Crippen molar-refractivity contribution in [1.82, 2.24) is 15.0 Å². The first-order valence-electron chi connectivity index (χ1n) is 9.10. The molecule has 7 heteroatoms. The number of nitrogens with zero attached hydrogens (tertiary/aromatic N) is 3. The van der Waals surface area contributed by atoms with Crippen molar-refractivity contribution in [2.75, 3.05) is 20.8 Å². The Bertz CT molecular complexity index is 912. The molecule has 0 aliphatic heterocycles. The van der Waals surface area contributed by atoms with Crippen LogP contribution in [0, 0.1) is 5.82 Å². The number of methoxy groups -OCH3 is 2. The summed E-state index contributed by atoms with van der Waals surface area (Å²) in [7, 11) is 3.19. The van der Waals surface area contributed by atoms with Gasteiger partial charge in [-0.1, -0.05) is 24.2 Å². The zero-order valence-corrected chi connectivity index (χ0v) is 16.5. The highest BCUT2D eigenvalue weighted by atomic mass is 19.1. The molecular weight excluding hydrogens is 361 g/mol. The van der Waals surface area contributed by atoms with Gasteiger partial charge in [0.15, 0.2) is 0 Å². The summed E-state index contributed by atoms with van der Waals surface area (Å²) in [5.74, 6) is 2.02. The van der Waals surface area contributed by atoms with E-state index in [-0.39, 0.29) is 11.9 Å². The van der Waals surface area contributed by atoms with Gasteiger partial charge in [-0.2, -0.15) is 4.98 Å². The smallest absolute Gasteiger partial charge is 0.241 e. The molecule has 0 radical (unpaired) electrons. The first kappa shape index (κ1) is 19.8. The molecule has 1 aromatic heterocycles. The second-order valence-corrected chi connectivity index (χ2v) is 6.37. The minimum atomic E-state index is -0.242. The van der Waals surface area contributed by atoms with E-state index in [2.05, 4.69) is 28.9 Å². The number of ether oxygens (including phenoxy) is 2. The van der Waals surface area contributed by atoms with Crippen LogP contribution in [0.4, 0.5) is 4.39 Å². The summed E-state index contributed by atoms with van der Waals surface area (Å²) in [4.78, 5) is 6.70. The summed E-state index contributed by atoms with van der Waals surface area (Å²) >= 11 is 0. The molecule has 3 aromatic rings. The lowest BCUT2D eigenvalue weighted by molar-refractivity contribution is 0.184. The van der Waals surface area contributed by atoms with Gasteiger partial charge in [0, 0.05) is 12.1 Å². The van der Waals surface area contributed by atoms with Gasteiger partial charge in [-0.15, -0.1) is 0 Å². The number of aromatic nitrogens is 2. The van der Waals surface area contributed by atoms with E-state index in [0.29, 0.717) is 29.8 Å². The normalized spacial score (nSPS) is 12.2. The second-order valence-electron chi connectivity index (χ2n) is 6.37. The number of benzene rings is 2. The maximum Gasteiger partial charge on any atom is 0.241 e. The van der Waals surface area contributed by atoms with E-state index in [1.165, 1.54) is 12.1 Å². The Morgan fingerprint density at radius 3 is 2.50 bits per heavy atom. The third-order valence-corrected chi connectivity index (χ3v) is 4.76. The lowest BCUT2D eigenvalue weighted by Gasteiger charge is -2.26. The highest BCUT2D eigenvalue weighted by molar-refractivity contribution is 5.65. The Morgan fingerprint density at radius 1 is 1.11 bits per heavy atom. The molecular formula is C21H24FN3O3. The zero-order valence-electron chi connectivity index (χ0n) is 16.5. The molecule has 0 N–H and O–H groups in total. The van der Waals surface area contributed by atoms with Crippen molar-refractivity contribution in [3.8, 4) is 22.9 Å². The van der Waals surface area contributed by atoms with Crippen LogP contribution in [0.5, 0.6) is 11.5 Å². The summed E-state index contributed by atoms with van der Waals surface area (Å²) in [5.41, 5.74) is 1.76. The van der Waals surface area contributed by atoms with Gasteiger partial charge in [0.05, 0.1) is 26.3 Å². The monoisotopic (exact) mass is 385 g/mol. The van der Waals surface area contributed by atoms with E-state index in [1.807, 2.05) is 12.1 Å². The number of halogens is 1. The third kappa shape index (κ3) is 4.31. The van der Waals surface area contributed by atoms with E-state index >= 15 is 0 Å². The maximum absolute atomic E-state index is 13.2. The summed E-state index contributed by atoms with van der Waals surface area (Å²) in [6, 6.07) is 12.1. The molecule has 1 unspecified atom stereocenters. The predicted molar refractivity (Wildman–Crippen MR) is 104 cm³/mol. The SMILES string of the molecule is CCN(Cc1nc(-c2ccc(OC)cc2OC)no1)C(C)c1ccc(F)cc1. The van der Waals surface area contributed by atoms with Crippen LogP contribution in [0.2, 0.25) is 0 Å². The van der Waals surface area contributed by atoms with Crippen molar-refractivity contribution >= 4 is 0 Å². The zero-order chi connectivity index (χ0) is 20.1. The number of hydrogen-bond donors (Lipinski definition) is 0. The Labute approximate surface area is 163 Å². The van der Waals surface area contributed by atoms with Crippen LogP contribution < -0.4 is 9.47 Å². The topological polar surface area (TPSA) is 60.6 Å². The first-order chi connectivity index (χ1) is 13.5. The van der Waals surface area contributed by atoms with E-state index < -0.39 is 0 Å². The minimum absolute atomic E-state index is 0.0801. The molecule has 0 aliphatic carbocycles. The summed E-state index contributed by atoms with van der Waals surface area (Å²) in [5, 5.41) is 4.10. The van der Waals surface area contributed by atoms with Gasteiger partial charge >= 0.3 is 0 Å². The highest BCUT2D eigenvalue weighted by Gasteiger charge is 2.19. The van der Waals surface area contributed by atoms with Gasteiger partial charge in [-0.3, -0.25) is 4.90 Å². The van der Waals surface area contributed by atoms with E-state index in [0.717, 1.165) is 17.7 Å². The average molecular weight is 385 g/mol. The fourth-order valence-corrected chi connectivity index (χ4v) is 3.06. The van der Waals surface area contributed by atoms with Crippen LogP contribution in [-0.2, 0) is 6.54 Å². The Kier molecular flexibility index (Phi) is 6.26. The van der Waals surface area contributed by atoms with Gasteiger partial charge in [-0.05, 0) is 43.3 Å². The highest BCUT2D eigenvalue weighted by Crippen LogP contribution is 2.32. The molecule has 0 spiro atoms. The average Bonchev–Trinajstić information content (AvgIpc) is 3.19. The molecule has 0 bridgehead atoms. The molecule has 6 nitrogen and oxygen atoms in total. The lowest BCUT2D eigenvalue weighted by atomic mass is 10.1. The molecule has 1 atom stereocenters. The van der Waals surface area contributed by atoms with Gasteiger partial charge < -0.3 is 14.0 Å². The number of rotatable bonds is 8. The summed E-state index contributed by atoms with van der Waals surface area (Å²) in [6.45, 7) is 5.40. The molecule has 3 rings (SSSR count). The van der Waals surface area contributed by atoms with Crippen molar-refractivity contribution in [2.45, 2.75) is 26.4 Å². The van der Waals surface area contributed by atoms with E-state index in [4.69, 9.17) is 14.0 Å². The Balaban J connectivity index is 1.78. The predicted octanol–water partition coefficient (Wildman–Crippen LogP) is 4.48. The molecule has 2 aromatic carbocycles. The van der Waals surface area contributed by atoms with E-state index in [1.54, 1.807) is 32.4 Å². The van der Waals surface area contributed by atoms with Crippen LogP contribution in [-0.4, -0.2) is 35.8 Å². The van der Waals surface area contributed by atoms with Crippen molar-refractivity contribution in [1.29, 1.82) is 0 Å². The fourth-order valence-electron chi connectivity index (χ4n) is 3.06. The van der Waals surface area contributed by atoms with Crippen molar-refractivity contribution in [3.05, 3.63) is 59.7 Å². The molecule has 0 fully saturated rings. The van der Waals surface area contributed by atoms with Gasteiger partial charge in [0.25, 0.3) is 0 Å². The van der Waals surface area contributed by atoms with E-state index in [9.17, 15) is 4.39 Å². The van der Waals surface area contributed by atoms with Crippen LogP contribution in [0.3, 0.4) is 0 Å². The van der Waals surface area contributed by atoms with Gasteiger partial charge in [0.2, 0.25) is 11.7 Å². The Morgan fingerprint density at radius 2 is 1.86 bits per heavy atom. The van der Waals surface area contributed by atoms with Crippen LogP contribution in [0.1, 0.15) is 31.3 Å². The van der Waals surface area contributed by atoms with Gasteiger partial charge in [-0.25, -0.2) is 4.39 Å². The van der Waals surface area contributed by atoms with Crippen LogP contribution in [0.25, 0.3) is 11.4 Å². The minimum Gasteiger partial charge on any atom is -0.497 e. The lowest BCUT2D eigenvalue weighted by Crippen LogP contribution is -2.26. The standard InChI is InChI=1S/C21H24FN3O3/c1-5-25(14(2)15-6-8-16(22)9-7-15)13-20-23-21(24-28-20)18-11-10-17(26-3)12-19(18)27-4/h6-12,14H,5,13H2,1-4H3. The third-order valence-electron chi connectivity index (χ3n) is 4.76. The molecule has 0 amide bonds.